The molecular formula is C16H13F2N3O. The molecule has 0 aliphatic carbocycles. The molecule has 1 aromatic carbocycles. The van der Waals surface area contributed by atoms with Crippen LogP contribution in [0.2, 0.25) is 0 Å². The van der Waals surface area contributed by atoms with Gasteiger partial charge in [-0.3, -0.25) is 0 Å². The number of benzene rings is 1. The fourth-order valence-corrected chi connectivity index (χ4v) is 2.72. The molecule has 2 aromatic rings. The zero-order valence-electron chi connectivity index (χ0n) is 11.6. The summed E-state index contributed by atoms with van der Waals surface area (Å²) in [5.74, 6) is -1.22. The van der Waals surface area contributed by atoms with Gasteiger partial charge >= 0.3 is 0 Å². The molecule has 2 heterocycles. The Bertz CT molecular complexity index is 727. The van der Waals surface area contributed by atoms with Gasteiger partial charge in [0.05, 0.1) is 17.7 Å². The fourth-order valence-electron chi connectivity index (χ4n) is 2.72. The van der Waals surface area contributed by atoms with Crippen molar-refractivity contribution in [3.05, 3.63) is 59.3 Å². The van der Waals surface area contributed by atoms with E-state index >= 15 is 0 Å². The van der Waals surface area contributed by atoms with Crippen molar-refractivity contribution in [2.45, 2.75) is 18.6 Å². The Labute approximate surface area is 126 Å². The van der Waals surface area contributed by atoms with Crippen LogP contribution < -0.4 is 4.90 Å². The van der Waals surface area contributed by atoms with Crippen LogP contribution in [0.4, 0.5) is 14.6 Å². The fraction of sp³-hybridized carbons (Fsp3) is 0.250. The first-order valence-electron chi connectivity index (χ1n) is 6.84. The van der Waals surface area contributed by atoms with Gasteiger partial charge in [-0.15, -0.1) is 0 Å². The van der Waals surface area contributed by atoms with Crippen LogP contribution in [0.1, 0.15) is 23.6 Å². The minimum Gasteiger partial charge on any atom is -0.391 e. The summed E-state index contributed by atoms with van der Waals surface area (Å²) in [4.78, 5) is 6.04. The molecule has 0 spiro atoms. The summed E-state index contributed by atoms with van der Waals surface area (Å²) < 4.78 is 26.5. The monoisotopic (exact) mass is 301 g/mol. The van der Waals surface area contributed by atoms with E-state index < -0.39 is 17.7 Å². The van der Waals surface area contributed by atoms with Crippen LogP contribution in [-0.2, 0) is 0 Å². The highest BCUT2D eigenvalue weighted by atomic mass is 19.2. The maximum absolute atomic E-state index is 13.5. The van der Waals surface area contributed by atoms with Crippen molar-refractivity contribution in [1.29, 1.82) is 5.26 Å². The second-order valence-corrected chi connectivity index (χ2v) is 5.25. The van der Waals surface area contributed by atoms with E-state index in [1.54, 1.807) is 12.1 Å². The average Bonchev–Trinajstić information content (AvgIpc) is 2.92. The Hall–Kier alpha value is -2.52. The Morgan fingerprint density at radius 3 is 2.68 bits per heavy atom. The second-order valence-electron chi connectivity index (χ2n) is 5.25. The van der Waals surface area contributed by atoms with Gasteiger partial charge in [0.15, 0.2) is 11.6 Å². The number of nitriles is 1. The summed E-state index contributed by atoms with van der Waals surface area (Å²) in [6.07, 6.45) is 1.28. The molecule has 22 heavy (non-hydrogen) atoms. The Kier molecular flexibility index (Phi) is 3.73. The normalized spacial score (nSPS) is 20.9. The molecule has 2 atom stereocenters. The quantitative estimate of drug-likeness (QED) is 0.926. The number of pyridine rings is 1. The van der Waals surface area contributed by atoms with Gasteiger partial charge in [0.2, 0.25) is 0 Å². The van der Waals surface area contributed by atoms with E-state index in [1.165, 1.54) is 12.3 Å². The van der Waals surface area contributed by atoms with Gasteiger partial charge in [-0.25, -0.2) is 13.8 Å². The molecule has 1 fully saturated rings. The van der Waals surface area contributed by atoms with E-state index in [0.29, 0.717) is 29.9 Å². The summed E-state index contributed by atoms with van der Waals surface area (Å²) in [6.45, 7) is 0.350. The van der Waals surface area contributed by atoms with Crippen molar-refractivity contribution >= 4 is 5.82 Å². The first-order chi connectivity index (χ1) is 10.6. The lowest BCUT2D eigenvalue weighted by molar-refractivity contribution is 0.194. The number of nitrogens with zero attached hydrogens (tertiary/aromatic N) is 3. The van der Waals surface area contributed by atoms with Crippen molar-refractivity contribution < 1.29 is 13.9 Å². The highest BCUT2D eigenvalue weighted by Crippen LogP contribution is 2.35. The number of hydrogen-bond acceptors (Lipinski definition) is 4. The number of aromatic nitrogens is 1. The lowest BCUT2D eigenvalue weighted by atomic mass is 10.0. The van der Waals surface area contributed by atoms with E-state index in [1.807, 2.05) is 11.0 Å². The van der Waals surface area contributed by atoms with Crippen LogP contribution in [0.25, 0.3) is 0 Å². The molecule has 3 rings (SSSR count). The maximum Gasteiger partial charge on any atom is 0.159 e. The molecule has 0 unspecified atom stereocenters. The molecule has 112 valence electrons. The Balaban J connectivity index is 1.94. The molecular weight excluding hydrogens is 288 g/mol. The standard InChI is InChI=1S/C16H13F2N3O/c17-13-3-2-11(5-14(13)18)15-6-12(22)9-21(15)16-4-1-10(7-19)8-20-16/h1-5,8,12,15,22H,6,9H2/t12-,15-/m1/s1. The summed E-state index contributed by atoms with van der Waals surface area (Å²) >= 11 is 0. The first-order valence-corrected chi connectivity index (χ1v) is 6.84. The van der Waals surface area contributed by atoms with Gasteiger partial charge in [0, 0.05) is 12.7 Å². The SMILES string of the molecule is N#Cc1ccc(N2C[C@H](O)C[C@@H]2c2ccc(F)c(F)c2)nc1. The number of anilines is 1. The molecule has 0 saturated carbocycles. The van der Waals surface area contributed by atoms with Crippen LogP contribution in [0.3, 0.4) is 0 Å². The van der Waals surface area contributed by atoms with Crippen LogP contribution in [0.15, 0.2) is 36.5 Å². The highest BCUT2D eigenvalue weighted by molar-refractivity contribution is 5.46. The van der Waals surface area contributed by atoms with E-state index in [2.05, 4.69) is 4.98 Å². The highest BCUT2D eigenvalue weighted by Gasteiger charge is 2.33. The van der Waals surface area contributed by atoms with Gasteiger partial charge in [0.1, 0.15) is 11.9 Å². The van der Waals surface area contributed by atoms with Gasteiger partial charge < -0.3 is 10.0 Å². The zero-order valence-corrected chi connectivity index (χ0v) is 11.6. The van der Waals surface area contributed by atoms with Crippen molar-refractivity contribution in [3.8, 4) is 6.07 Å². The third-order valence-corrected chi connectivity index (χ3v) is 3.78. The Morgan fingerprint density at radius 1 is 1.23 bits per heavy atom. The lowest BCUT2D eigenvalue weighted by Gasteiger charge is -2.25. The molecule has 0 amide bonds. The average molecular weight is 301 g/mol. The van der Waals surface area contributed by atoms with Crippen LogP contribution >= 0.6 is 0 Å². The smallest absolute Gasteiger partial charge is 0.159 e. The number of β-amino-alcohol motifs (C(OH)–C–C–N with tert-alkyl or cyclic N) is 1. The van der Waals surface area contributed by atoms with Crippen molar-refractivity contribution in [1.82, 2.24) is 4.98 Å². The van der Waals surface area contributed by atoms with Crippen LogP contribution in [0.5, 0.6) is 0 Å². The minimum absolute atomic E-state index is 0.287. The van der Waals surface area contributed by atoms with Gasteiger partial charge in [0.25, 0.3) is 0 Å². The number of rotatable bonds is 2. The van der Waals surface area contributed by atoms with Gasteiger partial charge in [-0.2, -0.15) is 5.26 Å². The van der Waals surface area contributed by atoms with E-state index in [9.17, 15) is 13.9 Å². The van der Waals surface area contributed by atoms with Crippen molar-refractivity contribution in [3.63, 3.8) is 0 Å². The molecule has 1 aliphatic heterocycles. The molecule has 4 nitrogen and oxygen atoms in total. The zero-order chi connectivity index (χ0) is 15.7. The number of halogens is 2. The van der Waals surface area contributed by atoms with Crippen LogP contribution in [-0.4, -0.2) is 22.7 Å². The summed E-state index contributed by atoms with van der Waals surface area (Å²) in [5, 5.41) is 18.7. The Morgan fingerprint density at radius 2 is 2.05 bits per heavy atom. The number of hydrogen-bond donors (Lipinski definition) is 1. The summed E-state index contributed by atoms with van der Waals surface area (Å²) in [5.41, 5.74) is 1.02. The predicted octanol–water partition coefficient (Wildman–Crippen LogP) is 2.54. The molecule has 1 saturated heterocycles. The van der Waals surface area contributed by atoms with Crippen molar-refractivity contribution in [2.75, 3.05) is 11.4 Å². The summed E-state index contributed by atoms with van der Waals surface area (Å²) in [6, 6.07) is 8.76. The summed E-state index contributed by atoms with van der Waals surface area (Å²) in [7, 11) is 0. The minimum atomic E-state index is -0.911. The lowest BCUT2D eigenvalue weighted by Crippen LogP contribution is -2.25. The largest absolute Gasteiger partial charge is 0.391 e. The van der Waals surface area contributed by atoms with Crippen molar-refractivity contribution in [2.24, 2.45) is 0 Å². The molecule has 1 aliphatic rings. The molecule has 1 N–H and O–H groups in total. The number of aliphatic hydroxyl groups is 1. The maximum atomic E-state index is 13.5. The molecule has 0 radical (unpaired) electrons. The van der Waals surface area contributed by atoms with Gasteiger partial charge in [-0.05, 0) is 36.2 Å². The molecule has 1 aromatic heterocycles. The third-order valence-electron chi connectivity index (χ3n) is 3.78. The second kappa shape index (κ2) is 5.70. The van der Waals surface area contributed by atoms with Crippen LogP contribution in [0, 0.1) is 23.0 Å². The molecule has 6 heteroatoms. The number of aliphatic hydroxyl groups excluding tert-OH is 1. The van der Waals surface area contributed by atoms with Gasteiger partial charge in [-0.1, -0.05) is 6.07 Å². The first kappa shape index (κ1) is 14.4. The third kappa shape index (κ3) is 2.63. The van der Waals surface area contributed by atoms with E-state index in [4.69, 9.17) is 5.26 Å². The molecule has 0 bridgehead atoms. The topological polar surface area (TPSA) is 60.2 Å². The van der Waals surface area contributed by atoms with E-state index in [-0.39, 0.29) is 6.04 Å². The predicted molar refractivity (Wildman–Crippen MR) is 76.0 cm³/mol. The van der Waals surface area contributed by atoms with E-state index in [0.717, 1.165) is 12.1 Å².